The topological polar surface area (TPSA) is 133 Å². The smallest absolute Gasteiger partial charge is 0.427 e. The number of nitrogens with zero attached hydrogens (tertiary/aromatic N) is 4. The Labute approximate surface area is 227 Å². The maximum atomic E-state index is 13.1. The Morgan fingerprint density at radius 2 is 1.51 bits per heavy atom. The van der Waals surface area contributed by atoms with Crippen molar-refractivity contribution < 1.29 is 28.6 Å². The van der Waals surface area contributed by atoms with Gasteiger partial charge in [0.25, 0.3) is 0 Å². The third-order valence-electron chi connectivity index (χ3n) is 4.74. The van der Waals surface area contributed by atoms with Gasteiger partial charge in [-0.1, -0.05) is 30.3 Å². The molecule has 0 radical (unpaired) electrons. The van der Waals surface area contributed by atoms with Gasteiger partial charge < -0.3 is 14.2 Å². The maximum absolute atomic E-state index is 13.1. The molecule has 3 amide bonds. The van der Waals surface area contributed by atoms with Crippen molar-refractivity contribution in [3.63, 3.8) is 0 Å². The van der Waals surface area contributed by atoms with Crippen LogP contribution in [0.4, 0.5) is 26.0 Å². The first-order valence-electron chi connectivity index (χ1n) is 12.3. The third-order valence-corrected chi connectivity index (χ3v) is 4.74. The van der Waals surface area contributed by atoms with Crippen LogP contribution in [0.3, 0.4) is 0 Å². The molecule has 1 aromatic carbocycles. The molecule has 206 valence electrons. The quantitative estimate of drug-likeness (QED) is 0.375. The Bertz CT molecular complexity index is 1300. The Morgan fingerprint density at radius 1 is 0.897 bits per heavy atom. The lowest BCUT2D eigenvalue weighted by molar-refractivity contribution is 0.0427. The number of nitrogens with one attached hydrogen (secondary N) is 1. The molecule has 2 aromatic heterocycles. The molecule has 0 saturated heterocycles. The average Bonchev–Trinajstić information content (AvgIpc) is 2.81. The second-order valence-corrected chi connectivity index (χ2v) is 10.6. The predicted octanol–water partition coefficient (Wildman–Crippen LogP) is 6.27. The largest absolute Gasteiger partial charge is 0.444 e. The molecule has 11 nitrogen and oxygen atoms in total. The average molecular weight is 536 g/mol. The second-order valence-electron chi connectivity index (χ2n) is 10.6. The van der Waals surface area contributed by atoms with E-state index in [1.165, 1.54) is 12.4 Å². The van der Waals surface area contributed by atoms with Gasteiger partial charge in [-0.05, 0) is 66.2 Å². The lowest BCUT2D eigenvalue weighted by Crippen LogP contribution is -2.44. The summed E-state index contributed by atoms with van der Waals surface area (Å²) in [6, 6.07) is 12.5. The number of anilines is 2. The zero-order chi connectivity index (χ0) is 28.8. The molecule has 3 rings (SSSR count). The molecule has 3 aromatic rings. The molecule has 0 unspecified atom stereocenters. The number of amides is 3. The molecule has 0 spiro atoms. The summed E-state index contributed by atoms with van der Waals surface area (Å²) < 4.78 is 16.2. The summed E-state index contributed by atoms with van der Waals surface area (Å²) in [5, 5.41) is 2.67. The summed E-state index contributed by atoms with van der Waals surface area (Å²) in [7, 11) is 0. The predicted molar refractivity (Wildman–Crippen MR) is 145 cm³/mol. The van der Waals surface area contributed by atoms with E-state index in [1.807, 2.05) is 30.3 Å². The highest BCUT2D eigenvalue weighted by Gasteiger charge is 2.35. The third kappa shape index (κ3) is 8.77. The number of imide groups is 1. The van der Waals surface area contributed by atoms with Gasteiger partial charge >= 0.3 is 18.3 Å². The van der Waals surface area contributed by atoms with Crippen LogP contribution in [0.15, 0.2) is 54.9 Å². The fourth-order valence-electron chi connectivity index (χ4n) is 3.23. The first kappa shape index (κ1) is 29.0. The van der Waals surface area contributed by atoms with E-state index in [0.717, 1.165) is 5.56 Å². The van der Waals surface area contributed by atoms with Gasteiger partial charge in [0, 0.05) is 17.5 Å². The van der Waals surface area contributed by atoms with E-state index in [0.29, 0.717) is 27.5 Å². The van der Waals surface area contributed by atoms with Crippen molar-refractivity contribution in [3.05, 3.63) is 66.1 Å². The fraction of sp³-hybridized carbons (Fsp3) is 0.357. The molecule has 0 aliphatic rings. The number of hydrogen-bond acceptors (Lipinski definition) is 9. The van der Waals surface area contributed by atoms with Crippen LogP contribution in [0, 0.1) is 6.92 Å². The number of ether oxygens (including phenoxy) is 3. The number of hydrogen-bond donors (Lipinski definition) is 1. The highest BCUT2D eigenvalue weighted by molar-refractivity contribution is 6.08. The van der Waals surface area contributed by atoms with Crippen LogP contribution < -0.4 is 10.2 Å². The van der Waals surface area contributed by atoms with Crippen LogP contribution in [0.1, 0.15) is 52.8 Å². The zero-order valence-electron chi connectivity index (χ0n) is 23.1. The first-order valence-corrected chi connectivity index (χ1v) is 12.3. The number of pyridine rings is 1. The standard InChI is InChI=1S/C28H33N5O6/c1-18-15-21(20-13-14-29-16-22(20)32-24(34)37-17-19-11-9-8-10-12-19)31-23(30-18)33(25(35)38-27(2,3)4)26(36)39-28(5,6)7/h8-16H,17H2,1-7H3,(H,32,34). The minimum atomic E-state index is -0.995. The van der Waals surface area contributed by atoms with Crippen molar-refractivity contribution in [2.45, 2.75) is 66.3 Å². The molecule has 0 aliphatic carbocycles. The number of carbonyl (C=O) groups is 3. The molecule has 1 N–H and O–H groups in total. The zero-order valence-corrected chi connectivity index (χ0v) is 23.1. The van der Waals surface area contributed by atoms with E-state index in [2.05, 4.69) is 20.3 Å². The molecule has 0 bridgehead atoms. The molecule has 0 fully saturated rings. The number of benzene rings is 1. The fourth-order valence-corrected chi connectivity index (χ4v) is 3.23. The van der Waals surface area contributed by atoms with Gasteiger partial charge in [-0.3, -0.25) is 10.3 Å². The van der Waals surface area contributed by atoms with Gasteiger partial charge in [0.05, 0.1) is 17.6 Å². The normalized spacial score (nSPS) is 11.4. The van der Waals surface area contributed by atoms with E-state index in [1.54, 1.807) is 60.6 Å². The highest BCUT2D eigenvalue weighted by atomic mass is 16.6. The van der Waals surface area contributed by atoms with E-state index in [-0.39, 0.29) is 12.6 Å². The minimum Gasteiger partial charge on any atom is -0.444 e. The molecular weight excluding hydrogens is 502 g/mol. The summed E-state index contributed by atoms with van der Waals surface area (Å²) in [4.78, 5) is 52.2. The van der Waals surface area contributed by atoms with Gasteiger partial charge in [0.15, 0.2) is 0 Å². The van der Waals surface area contributed by atoms with E-state index in [4.69, 9.17) is 14.2 Å². The highest BCUT2D eigenvalue weighted by Crippen LogP contribution is 2.29. The molecule has 0 saturated carbocycles. The van der Waals surface area contributed by atoms with Crippen molar-refractivity contribution in [2.24, 2.45) is 0 Å². The number of aryl methyl sites for hydroxylation is 1. The van der Waals surface area contributed by atoms with Crippen LogP contribution >= 0.6 is 0 Å². The Morgan fingerprint density at radius 3 is 2.10 bits per heavy atom. The summed E-state index contributed by atoms with van der Waals surface area (Å²) >= 11 is 0. The van der Waals surface area contributed by atoms with E-state index < -0.39 is 29.5 Å². The Kier molecular flexibility index (Phi) is 8.85. The van der Waals surface area contributed by atoms with E-state index >= 15 is 0 Å². The van der Waals surface area contributed by atoms with Gasteiger partial charge in [-0.15, -0.1) is 4.90 Å². The lowest BCUT2D eigenvalue weighted by Gasteiger charge is -2.27. The lowest BCUT2D eigenvalue weighted by atomic mass is 10.1. The van der Waals surface area contributed by atoms with Gasteiger partial charge in [-0.25, -0.2) is 24.4 Å². The molecular formula is C28H33N5O6. The van der Waals surface area contributed by atoms with Crippen LogP contribution in [-0.2, 0) is 20.8 Å². The van der Waals surface area contributed by atoms with Gasteiger partial charge in [0.1, 0.15) is 17.8 Å². The first-order chi connectivity index (χ1) is 18.2. The van der Waals surface area contributed by atoms with E-state index in [9.17, 15) is 14.4 Å². The summed E-state index contributed by atoms with van der Waals surface area (Å²) in [5.74, 6) is -0.247. The molecule has 0 aliphatic heterocycles. The summed E-state index contributed by atoms with van der Waals surface area (Å²) in [6.45, 7) is 11.8. The Hall–Kier alpha value is -4.54. The minimum absolute atomic E-state index is 0.0831. The van der Waals surface area contributed by atoms with Crippen molar-refractivity contribution in [2.75, 3.05) is 10.2 Å². The van der Waals surface area contributed by atoms with Crippen LogP contribution in [0.2, 0.25) is 0 Å². The summed E-state index contributed by atoms with van der Waals surface area (Å²) in [5.41, 5.74) is 0.567. The SMILES string of the molecule is Cc1cc(-c2ccncc2NC(=O)OCc2ccccc2)nc(N(C(=O)OC(C)(C)C)C(=O)OC(C)(C)C)n1. The van der Waals surface area contributed by atoms with Crippen molar-refractivity contribution in [1.29, 1.82) is 0 Å². The van der Waals surface area contributed by atoms with Crippen LogP contribution in [0.5, 0.6) is 0 Å². The number of rotatable bonds is 5. The van der Waals surface area contributed by atoms with Crippen LogP contribution in [0.25, 0.3) is 11.3 Å². The van der Waals surface area contributed by atoms with Crippen LogP contribution in [-0.4, -0.2) is 44.4 Å². The molecule has 2 heterocycles. The molecule has 39 heavy (non-hydrogen) atoms. The van der Waals surface area contributed by atoms with Crippen molar-refractivity contribution in [1.82, 2.24) is 15.0 Å². The van der Waals surface area contributed by atoms with Gasteiger partial charge in [0.2, 0.25) is 5.95 Å². The molecule has 0 atom stereocenters. The van der Waals surface area contributed by atoms with Gasteiger partial charge in [-0.2, -0.15) is 0 Å². The van der Waals surface area contributed by atoms with Crippen molar-refractivity contribution in [3.8, 4) is 11.3 Å². The maximum Gasteiger partial charge on any atom is 0.427 e. The molecule has 11 heteroatoms. The number of carbonyl (C=O) groups excluding carboxylic acids is 3. The van der Waals surface area contributed by atoms with Crippen molar-refractivity contribution >= 4 is 29.9 Å². The second kappa shape index (κ2) is 11.9. The monoisotopic (exact) mass is 535 g/mol. The summed E-state index contributed by atoms with van der Waals surface area (Å²) in [6.07, 6.45) is 0.280. The number of aromatic nitrogens is 3. The Balaban J connectivity index is 1.94.